The van der Waals surface area contributed by atoms with Gasteiger partial charge in [0.05, 0.1) is 18.4 Å². The van der Waals surface area contributed by atoms with E-state index in [4.69, 9.17) is 10.5 Å². The number of nitrogen functional groups attached to an aromatic ring is 1. The molecule has 0 aliphatic carbocycles. The first-order valence-corrected chi connectivity index (χ1v) is 6.71. The average Bonchev–Trinajstić information content (AvgIpc) is 2.53. The smallest absolute Gasteiger partial charge is 0.340 e. The minimum Gasteiger partial charge on any atom is -0.465 e. The monoisotopic (exact) mass is 285 g/mol. The van der Waals surface area contributed by atoms with Gasteiger partial charge in [-0.1, -0.05) is 30.3 Å². The Hall–Kier alpha value is -2.56. The van der Waals surface area contributed by atoms with Crippen LogP contribution in [0.15, 0.2) is 42.6 Å². The summed E-state index contributed by atoms with van der Waals surface area (Å²) >= 11 is 0. The van der Waals surface area contributed by atoms with Gasteiger partial charge in [-0.2, -0.15) is 0 Å². The molecule has 5 heteroatoms. The fraction of sp³-hybridized carbons (Fsp3) is 0.250. The maximum Gasteiger partial charge on any atom is 0.340 e. The van der Waals surface area contributed by atoms with Crippen LogP contribution in [0.5, 0.6) is 0 Å². The zero-order chi connectivity index (χ0) is 15.2. The molecule has 2 aromatic rings. The molecule has 0 fully saturated rings. The van der Waals surface area contributed by atoms with Crippen molar-refractivity contribution in [1.29, 1.82) is 0 Å². The molecule has 5 nitrogen and oxygen atoms in total. The van der Waals surface area contributed by atoms with Crippen molar-refractivity contribution in [1.82, 2.24) is 4.98 Å². The van der Waals surface area contributed by atoms with E-state index >= 15 is 0 Å². The summed E-state index contributed by atoms with van der Waals surface area (Å²) in [6.07, 6.45) is 2.44. The number of rotatable bonds is 5. The minimum atomic E-state index is -0.451. The third-order valence-corrected chi connectivity index (χ3v) is 3.31. The van der Waals surface area contributed by atoms with E-state index in [2.05, 4.69) is 17.1 Å². The van der Waals surface area contributed by atoms with Crippen molar-refractivity contribution < 1.29 is 9.53 Å². The Morgan fingerprint density at radius 1 is 1.29 bits per heavy atom. The van der Waals surface area contributed by atoms with Crippen molar-refractivity contribution in [3.05, 3.63) is 53.7 Å². The van der Waals surface area contributed by atoms with E-state index in [0.717, 1.165) is 13.0 Å². The number of nitrogens with two attached hydrogens (primary N) is 1. The third-order valence-electron chi connectivity index (χ3n) is 3.31. The lowest BCUT2D eigenvalue weighted by Gasteiger charge is -2.20. The molecule has 0 saturated carbocycles. The molecule has 0 aliphatic rings. The van der Waals surface area contributed by atoms with E-state index in [-0.39, 0.29) is 0 Å². The molecule has 21 heavy (non-hydrogen) atoms. The van der Waals surface area contributed by atoms with Crippen LogP contribution in [0.3, 0.4) is 0 Å². The van der Waals surface area contributed by atoms with Gasteiger partial charge in [-0.05, 0) is 18.1 Å². The fourth-order valence-electron chi connectivity index (χ4n) is 2.10. The second-order valence-corrected chi connectivity index (χ2v) is 4.74. The highest BCUT2D eigenvalue weighted by Crippen LogP contribution is 2.23. The number of carbonyl (C=O) groups is 1. The largest absolute Gasteiger partial charge is 0.465 e. The number of pyridine rings is 1. The maximum absolute atomic E-state index is 11.6. The number of esters is 1. The molecule has 0 atom stereocenters. The topological polar surface area (TPSA) is 68.5 Å². The van der Waals surface area contributed by atoms with E-state index in [1.54, 1.807) is 12.3 Å². The number of hydrogen-bond donors (Lipinski definition) is 1. The zero-order valence-corrected chi connectivity index (χ0v) is 12.2. The van der Waals surface area contributed by atoms with Crippen molar-refractivity contribution >= 4 is 17.5 Å². The Balaban J connectivity index is 2.12. The molecule has 0 radical (unpaired) electrons. The highest BCUT2D eigenvalue weighted by molar-refractivity contribution is 5.97. The molecule has 0 bridgehead atoms. The van der Waals surface area contributed by atoms with Gasteiger partial charge in [-0.3, -0.25) is 0 Å². The van der Waals surface area contributed by atoms with Gasteiger partial charge in [0.15, 0.2) is 5.82 Å². The van der Waals surface area contributed by atoms with E-state index in [1.165, 1.54) is 12.7 Å². The lowest BCUT2D eigenvalue weighted by atomic mass is 10.1. The summed E-state index contributed by atoms with van der Waals surface area (Å²) in [7, 11) is 3.24. The molecule has 110 valence electrons. The number of ether oxygens (including phenoxy) is 1. The van der Waals surface area contributed by atoms with E-state index in [9.17, 15) is 4.79 Å². The quantitative estimate of drug-likeness (QED) is 0.852. The molecule has 0 aliphatic heterocycles. The Labute approximate surface area is 124 Å². The van der Waals surface area contributed by atoms with Crippen molar-refractivity contribution in [3.63, 3.8) is 0 Å². The molecule has 2 N–H and O–H groups in total. The number of hydrogen-bond acceptors (Lipinski definition) is 5. The predicted octanol–water partition coefficient (Wildman–Crippen LogP) is 2.13. The molecule has 1 heterocycles. The number of anilines is 2. The van der Waals surface area contributed by atoms with E-state index < -0.39 is 5.97 Å². The summed E-state index contributed by atoms with van der Waals surface area (Å²) in [5.74, 6) is 0.140. The lowest BCUT2D eigenvalue weighted by molar-refractivity contribution is 0.0602. The summed E-state index contributed by atoms with van der Waals surface area (Å²) in [4.78, 5) is 17.8. The standard InChI is InChI=1S/C16H19N3O2/c1-19(11-9-12-6-4-3-5-7-12)15-14(17)13(8-10-18-15)16(20)21-2/h3-8,10H,9,11,17H2,1-2H3. The third kappa shape index (κ3) is 3.51. The first-order chi connectivity index (χ1) is 10.1. The van der Waals surface area contributed by atoms with Gasteiger partial charge in [0.1, 0.15) is 0 Å². The van der Waals surface area contributed by atoms with Crippen molar-refractivity contribution in [2.45, 2.75) is 6.42 Å². The van der Waals surface area contributed by atoms with Crippen molar-refractivity contribution in [2.24, 2.45) is 0 Å². The normalized spacial score (nSPS) is 10.2. The molecule has 1 aromatic carbocycles. The predicted molar refractivity (Wildman–Crippen MR) is 83.4 cm³/mol. The number of methoxy groups -OCH3 is 1. The molecular formula is C16H19N3O2. The minimum absolute atomic E-state index is 0.342. The lowest BCUT2D eigenvalue weighted by Crippen LogP contribution is -2.23. The maximum atomic E-state index is 11.6. The van der Waals surface area contributed by atoms with Crippen LogP contribution in [0.25, 0.3) is 0 Å². The summed E-state index contributed by atoms with van der Waals surface area (Å²) in [6.45, 7) is 0.756. The van der Waals surface area contributed by atoms with Crippen molar-refractivity contribution in [3.8, 4) is 0 Å². The number of likely N-dealkylation sites (N-methyl/N-ethyl adjacent to an activating group) is 1. The summed E-state index contributed by atoms with van der Waals surface area (Å²) in [5, 5.41) is 0. The fourth-order valence-corrected chi connectivity index (χ4v) is 2.10. The second-order valence-electron chi connectivity index (χ2n) is 4.74. The van der Waals surface area contributed by atoms with Crippen LogP contribution < -0.4 is 10.6 Å². The van der Waals surface area contributed by atoms with E-state index in [1.807, 2.05) is 30.1 Å². The highest BCUT2D eigenvalue weighted by Gasteiger charge is 2.16. The number of carbonyl (C=O) groups excluding carboxylic acids is 1. The Morgan fingerprint density at radius 3 is 2.67 bits per heavy atom. The molecule has 0 saturated heterocycles. The molecule has 1 aromatic heterocycles. The van der Waals surface area contributed by atoms with E-state index in [0.29, 0.717) is 17.1 Å². The van der Waals surface area contributed by atoms with Gasteiger partial charge < -0.3 is 15.4 Å². The summed E-state index contributed by atoms with van der Waals surface area (Å²) < 4.78 is 4.72. The van der Waals surface area contributed by atoms with Crippen LogP contribution >= 0.6 is 0 Å². The van der Waals surface area contributed by atoms with Crippen LogP contribution in [0.4, 0.5) is 11.5 Å². The molecule has 0 amide bonds. The van der Waals surface area contributed by atoms with Gasteiger partial charge >= 0.3 is 5.97 Å². The summed E-state index contributed by atoms with van der Waals surface area (Å²) in [5.41, 5.74) is 7.96. The molecule has 2 rings (SSSR count). The molecular weight excluding hydrogens is 266 g/mol. The van der Waals surface area contributed by atoms with Gasteiger partial charge in [-0.15, -0.1) is 0 Å². The Morgan fingerprint density at radius 2 is 2.00 bits per heavy atom. The Bertz CT molecular complexity index is 614. The number of aromatic nitrogens is 1. The number of benzene rings is 1. The van der Waals surface area contributed by atoms with Crippen LogP contribution in [0.2, 0.25) is 0 Å². The van der Waals surface area contributed by atoms with Crippen LogP contribution in [0.1, 0.15) is 15.9 Å². The second kappa shape index (κ2) is 6.74. The zero-order valence-electron chi connectivity index (χ0n) is 12.2. The van der Waals surface area contributed by atoms with Gasteiger partial charge in [0.25, 0.3) is 0 Å². The average molecular weight is 285 g/mol. The van der Waals surface area contributed by atoms with Gasteiger partial charge in [0.2, 0.25) is 0 Å². The van der Waals surface area contributed by atoms with Crippen LogP contribution in [-0.4, -0.2) is 31.7 Å². The molecule has 0 spiro atoms. The number of nitrogens with zero attached hydrogens (tertiary/aromatic N) is 2. The van der Waals surface area contributed by atoms with Gasteiger partial charge in [-0.25, -0.2) is 9.78 Å². The van der Waals surface area contributed by atoms with Gasteiger partial charge in [0, 0.05) is 19.8 Å². The SMILES string of the molecule is COC(=O)c1ccnc(N(C)CCc2ccccc2)c1N. The first-order valence-electron chi connectivity index (χ1n) is 6.71. The van der Waals surface area contributed by atoms with Crippen LogP contribution in [-0.2, 0) is 11.2 Å². The van der Waals surface area contributed by atoms with Crippen molar-refractivity contribution in [2.75, 3.05) is 31.3 Å². The van der Waals surface area contributed by atoms with Crippen LogP contribution in [0, 0.1) is 0 Å². The molecule has 0 unspecified atom stereocenters. The summed E-state index contributed by atoms with van der Waals surface area (Å²) in [6, 6.07) is 11.7. The first kappa shape index (κ1) is 14.8. The highest BCUT2D eigenvalue weighted by atomic mass is 16.5. The Kier molecular flexibility index (Phi) is 4.77.